The predicted octanol–water partition coefficient (Wildman–Crippen LogP) is 2.01. The van der Waals surface area contributed by atoms with Gasteiger partial charge in [0.1, 0.15) is 12.3 Å². The van der Waals surface area contributed by atoms with Crippen molar-refractivity contribution in [1.82, 2.24) is 36.2 Å². The Morgan fingerprint density at radius 3 is 2.39 bits per heavy atom. The molecule has 1 aromatic heterocycles. The molecule has 0 spiro atoms. The maximum absolute atomic E-state index is 13.4. The summed E-state index contributed by atoms with van der Waals surface area (Å²) < 4.78 is 29.0. The summed E-state index contributed by atoms with van der Waals surface area (Å²) >= 11 is 0. The van der Waals surface area contributed by atoms with Crippen molar-refractivity contribution in [1.29, 1.82) is 0 Å². The maximum atomic E-state index is 13.4. The third-order valence-corrected chi connectivity index (χ3v) is 9.34. The third kappa shape index (κ3) is 7.31. The van der Waals surface area contributed by atoms with E-state index < -0.39 is 34.5 Å². The summed E-state index contributed by atoms with van der Waals surface area (Å²) in [4.78, 5) is 25.0. The fraction of sp³-hybridized carbons (Fsp3) is 0.323. The average molecular weight is 620 g/mol. The van der Waals surface area contributed by atoms with E-state index in [9.17, 15) is 23.1 Å². The summed E-state index contributed by atoms with van der Waals surface area (Å²) in [5, 5.41) is 30.6. The zero-order valence-electron chi connectivity index (χ0n) is 24.6. The lowest BCUT2D eigenvalue weighted by Gasteiger charge is -2.19. The number of rotatable bonds is 13. The van der Waals surface area contributed by atoms with E-state index in [1.54, 1.807) is 44.2 Å². The van der Waals surface area contributed by atoms with Gasteiger partial charge in [0, 0.05) is 36.3 Å². The van der Waals surface area contributed by atoms with Crippen LogP contribution < -0.4 is 26.0 Å². The zero-order chi connectivity index (χ0) is 31.3. The molecule has 7 N–H and O–H groups in total. The summed E-state index contributed by atoms with van der Waals surface area (Å²) in [7, 11) is -4.23. The second-order valence-corrected chi connectivity index (χ2v) is 12.5. The number of sulfonamides is 1. The number of carbonyl (C=O) groups excluding carboxylic acids is 1. The Labute approximate surface area is 256 Å². The Kier molecular flexibility index (Phi) is 9.71. The Balaban J connectivity index is 1.21. The number of aryl methyl sites for hydroxylation is 3. The number of carboxylic acids is 1. The molecule has 44 heavy (non-hydrogen) atoms. The minimum absolute atomic E-state index is 0.0113. The lowest BCUT2D eigenvalue weighted by atomic mass is 10.0. The van der Waals surface area contributed by atoms with E-state index in [-0.39, 0.29) is 16.7 Å². The van der Waals surface area contributed by atoms with Crippen molar-refractivity contribution in [3.63, 3.8) is 0 Å². The fourth-order valence-electron chi connectivity index (χ4n) is 5.45. The van der Waals surface area contributed by atoms with Crippen molar-refractivity contribution in [3.05, 3.63) is 83.0 Å². The summed E-state index contributed by atoms with van der Waals surface area (Å²) in [5.74, 6) is -1.95. The van der Waals surface area contributed by atoms with Gasteiger partial charge in [-0.25, -0.2) is 8.42 Å². The number of fused-ring (bicyclic) bond motifs is 1. The summed E-state index contributed by atoms with van der Waals surface area (Å²) in [6.45, 7) is 5.59. The predicted molar refractivity (Wildman–Crippen MR) is 168 cm³/mol. The van der Waals surface area contributed by atoms with E-state index in [0.717, 1.165) is 54.7 Å². The van der Waals surface area contributed by atoms with Crippen LogP contribution in [0.3, 0.4) is 0 Å². The van der Waals surface area contributed by atoms with Gasteiger partial charge in [0.05, 0.1) is 10.4 Å². The summed E-state index contributed by atoms with van der Waals surface area (Å²) in [6.07, 6.45) is 1.79. The van der Waals surface area contributed by atoms with Crippen LogP contribution in [-0.2, 0) is 21.2 Å². The van der Waals surface area contributed by atoms with Crippen LogP contribution in [0.5, 0.6) is 0 Å². The Hall–Kier alpha value is -4.14. The van der Waals surface area contributed by atoms with Crippen LogP contribution in [0.4, 0.5) is 0 Å². The van der Waals surface area contributed by atoms with Gasteiger partial charge in [0.15, 0.2) is 0 Å². The van der Waals surface area contributed by atoms with Gasteiger partial charge >= 0.3 is 5.97 Å². The SMILES string of the molecule is Cc1cc(-c2ccccc2)cc(C)c1S(=O)(=O)NC(CNC(=O)c1ccc2c(CCCNC3NCCN3)[nH]nc2c1)C(=O)O. The Bertz CT molecular complexity index is 1730. The molecule has 1 unspecified atom stereocenters. The van der Waals surface area contributed by atoms with Crippen molar-refractivity contribution in [2.45, 2.75) is 43.9 Å². The molecular weight excluding hydrogens is 582 g/mol. The second kappa shape index (κ2) is 13.7. The lowest BCUT2D eigenvalue weighted by molar-refractivity contribution is -0.138. The number of carbonyl (C=O) groups is 2. The first-order chi connectivity index (χ1) is 21.1. The molecule has 4 aromatic rings. The lowest BCUT2D eigenvalue weighted by Crippen LogP contribution is -2.48. The number of benzene rings is 3. The van der Waals surface area contributed by atoms with E-state index in [1.807, 2.05) is 30.3 Å². The van der Waals surface area contributed by atoms with Crippen molar-refractivity contribution in [2.75, 3.05) is 26.2 Å². The smallest absolute Gasteiger partial charge is 0.323 e. The standard InChI is InChI=1S/C31H37N7O5S/c1-19-15-23(21-7-4-3-5-8-21)16-20(2)28(19)44(42,43)38-27(30(40)41)18-35-29(39)22-10-11-24-25(36-37-26(24)17-22)9-6-12-32-31-33-13-14-34-31/h3-5,7-8,10-11,15-17,27,31-34,38H,6,9,12-14,18H2,1-2H3,(H,35,39)(H,36,37)(H,40,41). The number of hydrogen-bond donors (Lipinski definition) is 7. The number of nitrogens with zero attached hydrogens (tertiary/aromatic N) is 1. The molecule has 2 heterocycles. The molecular formula is C31H37N7O5S. The first kappa shape index (κ1) is 31.3. The zero-order valence-corrected chi connectivity index (χ0v) is 25.4. The van der Waals surface area contributed by atoms with E-state index >= 15 is 0 Å². The minimum Gasteiger partial charge on any atom is -0.480 e. The molecule has 1 fully saturated rings. The highest BCUT2D eigenvalue weighted by atomic mass is 32.2. The number of aromatic nitrogens is 2. The Morgan fingerprint density at radius 2 is 1.70 bits per heavy atom. The number of aliphatic carboxylic acids is 1. The number of aromatic amines is 1. The van der Waals surface area contributed by atoms with Crippen LogP contribution in [-0.4, -0.2) is 74.1 Å². The molecule has 0 bridgehead atoms. The molecule has 1 aliphatic heterocycles. The topological polar surface area (TPSA) is 177 Å². The van der Waals surface area contributed by atoms with Crippen LogP contribution in [0.15, 0.2) is 65.6 Å². The van der Waals surface area contributed by atoms with Gasteiger partial charge in [0.25, 0.3) is 5.91 Å². The van der Waals surface area contributed by atoms with Crippen molar-refractivity contribution in [2.24, 2.45) is 0 Å². The van der Waals surface area contributed by atoms with E-state index in [1.165, 1.54) is 0 Å². The normalized spacial score (nSPS) is 14.6. The van der Waals surface area contributed by atoms with Gasteiger partial charge in [-0.15, -0.1) is 0 Å². The largest absolute Gasteiger partial charge is 0.480 e. The van der Waals surface area contributed by atoms with Gasteiger partial charge in [-0.2, -0.15) is 9.82 Å². The maximum Gasteiger partial charge on any atom is 0.323 e. The molecule has 0 radical (unpaired) electrons. The van der Waals surface area contributed by atoms with Gasteiger partial charge in [-0.3, -0.25) is 30.6 Å². The van der Waals surface area contributed by atoms with Gasteiger partial charge < -0.3 is 10.4 Å². The highest BCUT2D eigenvalue weighted by Crippen LogP contribution is 2.28. The molecule has 3 aromatic carbocycles. The number of carboxylic acid groups (broad SMARTS) is 1. The molecule has 1 atom stereocenters. The quantitative estimate of drug-likeness (QED) is 0.110. The van der Waals surface area contributed by atoms with Crippen molar-refractivity contribution < 1.29 is 23.1 Å². The molecule has 0 aliphatic carbocycles. The molecule has 1 amide bonds. The molecule has 0 saturated carbocycles. The number of nitrogens with one attached hydrogen (secondary N) is 6. The molecule has 12 nitrogen and oxygen atoms in total. The van der Waals surface area contributed by atoms with E-state index in [4.69, 9.17) is 0 Å². The van der Waals surface area contributed by atoms with Crippen LogP contribution in [0, 0.1) is 13.8 Å². The fourth-order valence-corrected chi connectivity index (χ4v) is 7.10. The molecule has 1 saturated heterocycles. The van der Waals surface area contributed by atoms with Crippen molar-refractivity contribution in [3.8, 4) is 11.1 Å². The first-order valence-electron chi connectivity index (χ1n) is 14.5. The molecule has 232 valence electrons. The van der Waals surface area contributed by atoms with Gasteiger partial charge in [0.2, 0.25) is 10.0 Å². The number of hydrogen-bond acceptors (Lipinski definition) is 8. The van der Waals surface area contributed by atoms with E-state index in [2.05, 4.69) is 36.2 Å². The highest BCUT2D eigenvalue weighted by Gasteiger charge is 2.29. The average Bonchev–Trinajstić information content (AvgIpc) is 3.67. The van der Waals surface area contributed by atoms with E-state index in [0.29, 0.717) is 16.6 Å². The molecule has 1 aliphatic rings. The number of H-pyrrole nitrogens is 1. The Morgan fingerprint density at radius 1 is 1.00 bits per heavy atom. The van der Waals surface area contributed by atoms with Crippen LogP contribution >= 0.6 is 0 Å². The van der Waals surface area contributed by atoms with Crippen molar-refractivity contribution >= 4 is 32.8 Å². The van der Waals surface area contributed by atoms with Crippen LogP contribution in [0.25, 0.3) is 22.0 Å². The van der Waals surface area contributed by atoms with Crippen LogP contribution in [0.1, 0.15) is 33.6 Å². The first-order valence-corrected chi connectivity index (χ1v) is 16.0. The summed E-state index contributed by atoms with van der Waals surface area (Å²) in [5.41, 5.74) is 4.61. The van der Waals surface area contributed by atoms with Gasteiger partial charge in [-0.1, -0.05) is 48.5 Å². The number of amides is 1. The molecule has 5 rings (SSSR count). The second-order valence-electron chi connectivity index (χ2n) is 10.9. The third-order valence-electron chi connectivity index (χ3n) is 7.57. The molecule has 13 heteroatoms. The monoisotopic (exact) mass is 619 g/mol. The van der Waals surface area contributed by atoms with Crippen LogP contribution in [0.2, 0.25) is 0 Å². The summed E-state index contributed by atoms with van der Waals surface area (Å²) in [6, 6.07) is 16.6. The highest BCUT2D eigenvalue weighted by molar-refractivity contribution is 7.89. The minimum atomic E-state index is -4.23. The van der Waals surface area contributed by atoms with Gasteiger partial charge in [-0.05, 0) is 67.6 Å².